The Morgan fingerprint density at radius 1 is 0.947 bits per heavy atom. The van der Waals surface area contributed by atoms with Gasteiger partial charge in [0.15, 0.2) is 0 Å². The monoisotopic (exact) mass is 274 g/mol. The summed E-state index contributed by atoms with van der Waals surface area (Å²) in [4.78, 5) is 9.95. The van der Waals surface area contributed by atoms with Gasteiger partial charge in [0.2, 0.25) is 0 Å². The highest BCUT2D eigenvalue weighted by molar-refractivity contribution is 5.60. The van der Waals surface area contributed by atoms with E-state index in [1.807, 2.05) is 0 Å². The molecule has 0 aliphatic carbocycles. The van der Waals surface area contributed by atoms with Crippen molar-refractivity contribution in [3.8, 4) is 5.75 Å². The van der Waals surface area contributed by atoms with Gasteiger partial charge < -0.3 is 30.3 Å². The van der Waals surface area contributed by atoms with Crippen LogP contribution in [0.5, 0.6) is 5.75 Å². The highest BCUT2D eigenvalue weighted by Crippen LogP contribution is 2.11. The molecule has 7 nitrogen and oxygen atoms in total. The van der Waals surface area contributed by atoms with E-state index in [4.69, 9.17) is 25.5 Å². The summed E-state index contributed by atoms with van der Waals surface area (Å²) < 4.78 is 4.33. The maximum Gasteiger partial charge on any atom is 0.511 e. The Morgan fingerprint density at radius 2 is 1.37 bits per heavy atom. The topological polar surface area (TPSA) is 127 Å². The fourth-order valence-electron chi connectivity index (χ4n) is 0.889. The summed E-state index contributed by atoms with van der Waals surface area (Å²) in [6, 6.07) is 8.35. The van der Waals surface area contributed by atoms with Gasteiger partial charge in [-0.3, -0.25) is 0 Å². The quantitative estimate of drug-likeness (QED) is 0.368. The molecule has 1 aromatic rings. The van der Waals surface area contributed by atoms with Crippen LogP contribution < -0.4 is 4.74 Å². The number of rotatable bonds is 5. The Hall–Kier alpha value is -1.67. The van der Waals surface area contributed by atoms with Gasteiger partial charge in [0.05, 0.1) is 31.8 Å². The molecule has 7 heteroatoms. The first-order valence-corrected chi connectivity index (χ1v) is 5.43. The number of carboxylic acid groups (broad SMARTS) is 1. The second kappa shape index (κ2) is 9.29. The average Bonchev–Trinajstić information content (AvgIpc) is 2.43. The van der Waals surface area contributed by atoms with Crippen molar-refractivity contribution >= 4 is 6.16 Å². The lowest BCUT2D eigenvalue weighted by Crippen LogP contribution is -2.37. The van der Waals surface area contributed by atoms with Crippen molar-refractivity contribution < 1.29 is 35.1 Å². The average molecular weight is 274 g/mol. The number of aliphatic hydroxyl groups excluding tert-OH is 4. The van der Waals surface area contributed by atoms with Crippen molar-refractivity contribution in [2.24, 2.45) is 5.41 Å². The minimum Gasteiger partial charge on any atom is -0.449 e. The van der Waals surface area contributed by atoms with E-state index in [2.05, 4.69) is 4.74 Å². The third kappa shape index (κ3) is 6.73. The molecule has 0 radical (unpaired) electrons. The smallest absolute Gasteiger partial charge is 0.449 e. The molecule has 0 saturated carbocycles. The van der Waals surface area contributed by atoms with E-state index in [-0.39, 0.29) is 0 Å². The molecule has 0 atom stereocenters. The van der Waals surface area contributed by atoms with Crippen LogP contribution >= 0.6 is 0 Å². The van der Waals surface area contributed by atoms with Crippen molar-refractivity contribution in [3.05, 3.63) is 30.3 Å². The van der Waals surface area contributed by atoms with E-state index in [1.54, 1.807) is 30.3 Å². The van der Waals surface area contributed by atoms with Gasteiger partial charge >= 0.3 is 6.16 Å². The van der Waals surface area contributed by atoms with Crippen LogP contribution in [-0.4, -0.2) is 58.1 Å². The highest BCUT2D eigenvalue weighted by Gasteiger charge is 2.26. The lowest BCUT2D eigenvalue weighted by molar-refractivity contribution is -0.0328. The number of carbonyl (C=O) groups is 1. The molecule has 5 N–H and O–H groups in total. The fourth-order valence-corrected chi connectivity index (χ4v) is 0.889. The number of benzene rings is 1. The van der Waals surface area contributed by atoms with Gasteiger partial charge in [0, 0.05) is 0 Å². The third-order valence-corrected chi connectivity index (χ3v) is 2.29. The molecule has 0 saturated heterocycles. The predicted octanol–water partition coefficient (Wildman–Crippen LogP) is -0.315. The van der Waals surface area contributed by atoms with Crippen LogP contribution in [0.2, 0.25) is 0 Å². The highest BCUT2D eigenvalue weighted by atomic mass is 16.7. The van der Waals surface area contributed by atoms with Crippen LogP contribution in [0.3, 0.4) is 0 Å². The van der Waals surface area contributed by atoms with Gasteiger partial charge in [0.25, 0.3) is 0 Å². The number of ether oxygens (including phenoxy) is 1. The molecular weight excluding hydrogens is 256 g/mol. The molecule has 0 aliphatic rings. The van der Waals surface area contributed by atoms with Crippen molar-refractivity contribution in [1.29, 1.82) is 0 Å². The molecular formula is C12H18O7. The van der Waals surface area contributed by atoms with Crippen LogP contribution in [0.15, 0.2) is 30.3 Å². The zero-order chi connectivity index (χ0) is 14.7. The van der Waals surface area contributed by atoms with Crippen LogP contribution in [0.1, 0.15) is 0 Å². The minimum atomic E-state index is -1.29. The Bertz CT molecular complexity index is 331. The van der Waals surface area contributed by atoms with Gasteiger partial charge in [-0.2, -0.15) is 0 Å². The standard InChI is InChI=1S/C7H6O3.C5H12O4/c8-7(9)10-6-4-2-1-3-5-6;6-1-5(2-7,3-8)4-9/h1-5H,(H,8,9);6-9H,1-4H2. The summed E-state index contributed by atoms with van der Waals surface area (Å²) >= 11 is 0. The predicted molar refractivity (Wildman–Crippen MR) is 65.9 cm³/mol. The molecule has 0 heterocycles. The third-order valence-electron chi connectivity index (χ3n) is 2.29. The van der Waals surface area contributed by atoms with Crippen molar-refractivity contribution in [3.63, 3.8) is 0 Å². The summed E-state index contributed by atoms with van der Waals surface area (Å²) in [5.74, 6) is 0.343. The molecule has 0 aromatic heterocycles. The SMILES string of the molecule is O=C(O)Oc1ccccc1.OCC(CO)(CO)CO. The zero-order valence-electron chi connectivity index (χ0n) is 10.3. The van der Waals surface area contributed by atoms with E-state index in [1.165, 1.54) is 0 Å². The molecule has 108 valence electrons. The summed E-state index contributed by atoms with van der Waals surface area (Å²) in [7, 11) is 0. The molecule has 0 aliphatic heterocycles. The lowest BCUT2D eigenvalue weighted by Gasteiger charge is -2.23. The molecule has 0 spiro atoms. The summed E-state index contributed by atoms with van der Waals surface area (Å²) in [5.41, 5.74) is -1.11. The molecule has 1 aromatic carbocycles. The van der Waals surface area contributed by atoms with Crippen molar-refractivity contribution in [2.75, 3.05) is 26.4 Å². The van der Waals surface area contributed by atoms with Crippen LogP contribution in [-0.2, 0) is 0 Å². The zero-order valence-corrected chi connectivity index (χ0v) is 10.3. The van der Waals surface area contributed by atoms with Crippen LogP contribution in [0.25, 0.3) is 0 Å². The van der Waals surface area contributed by atoms with Crippen molar-refractivity contribution in [2.45, 2.75) is 0 Å². The first-order valence-electron chi connectivity index (χ1n) is 5.43. The van der Waals surface area contributed by atoms with Crippen molar-refractivity contribution in [1.82, 2.24) is 0 Å². The van der Waals surface area contributed by atoms with E-state index >= 15 is 0 Å². The fraction of sp³-hybridized carbons (Fsp3) is 0.417. The maximum atomic E-state index is 9.95. The van der Waals surface area contributed by atoms with Gasteiger partial charge in [-0.15, -0.1) is 0 Å². The second-order valence-electron chi connectivity index (χ2n) is 3.81. The molecule has 0 unspecified atom stereocenters. The molecule has 0 fully saturated rings. The van der Waals surface area contributed by atoms with Gasteiger partial charge in [0.1, 0.15) is 5.75 Å². The lowest BCUT2D eigenvalue weighted by atomic mass is 9.93. The Morgan fingerprint density at radius 3 is 1.63 bits per heavy atom. The van der Waals surface area contributed by atoms with E-state index in [9.17, 15) is 4.79 Å². The Balaban J connectivity index is 0.000000344. The maximum absolute atomic E-state index is 9.95. The molecule has 0 amide bonds. The molecule has 0 bridgehead atoms. The van der Waals surface area contributed by atoms with Crippen LogP contribution in [0.4, 0.5) is 4.79 Å². The first-order chi connectivity index (χ1) is 9.03. The van der Waals surface area contributed by atoms with Gasteiger partial charge in [-0.25, -0.2) is 4.79 Å². The first kappa shape index (κ1) is 17.3. The second-order valence-corrected chi connectivity index (χ2v) is 3.81. The molecule has 19 heavy (non-hydrogen) atoms. The number of hydrogen-bond acceptors (Lipinski definition) is 6. The van der Waals surface area contributed by atoms with E-state index < -0.39 is 38.0 Å². The van der Waals surface area contributed by atoms with Gasteiger partial charge in [-0.05, 0) is 12.1 Å². The molecule has 1 rings (SSSR count). The van der Waals surface area contributed by atoms with E-state index in [0.29, 0.717) is 5.75 Å². The number of para-hydroxylation sites is 1. The summed E-state index contributed by atoms with van der Waals surface area (Å²) in [6.07, 6.45) is -1.29. The van der Waals surface area contributed by atoms with Gasteiger partial charge in [-0.1, -0.05) is 18.2 Å². The van der Waals surface area contributed by atoms with Crippen LogP contribution in [0, 0.1) is 5.41 Å². The summed E-state index contributed by atoms with van der Waals surface area (Å²) in [5, 5.41) is 42.1. The normalized spacial score (nSPS) is 10.3. The largest absolute Gasteiger partial charge is 0.511 e. The Kier molecular flexibility index (Phi) is 8.47. The Labute approximate surface area is 110 Å². The van der Waals surface area contributed by atoms with E-state index in [0.717, 1.165) is 0 Å². The minimum absolute atomic E-state index is 0.343. The summed E-state index contributed by atoms with van der Waals surface area (Å²) in [6.45, 7) is -1.62. The number of aliphatic hydroxyl groups is 4. The number of hydrogen-bond donors (Lipinski definition) is 5.